The highest BCUT2D eigenvalue weighted by Crippen LogP contribution is 2.19. The summed E-state index contributed by atoms with van der Waals surface area (Å²) in [5.41, 5.74) is 5.72. The van der Waals surface area contributed by atoms with E-state index in [0.29, 0.717) is 12.1 Å². The molecule has 0 aromatic heterocycles. The van der Waals surface area contributed by atoms with Crippen LogP contribution in [0.4, 0.5) is 9.18 Å². The molecule has 24 heavy (non-hydrogen) atoms. The number of hydrogen-bond acceptors (Lipinski definition) is 3. The molecule has 3 amide bonds. The summed E-state index contributed by atoms with van der Waals surface area (Å²) in [7, 11) is 1.69. The number of nitrogens with one attached hydrogen (secondary N) is 2. The van der Waals surface area contributed by atoms with Gasteiger partial charge < -0.3 is 21.3 Å². The van der Waals surface area contributed by atoms with Gasteiger partial charge in [0.2, 0.25) is 5.91 Å². The lowest BCUT2D eigenvalue weighted by molar-refractivity contribution is -0.119. The average Bonchev–Trinajstić information content (AvgIpc) is 2.58. The molecule has 0 radical (unpaired) electrons. The Labute approximate surface area is 146 Å². The highest BCUT2D eigenvalue weighted by atomic mass is 35.5. The fourth-order valence-electron chi connectivity index (χ4n) is 2.07. The van der Waals surface area contributed by atoms with Gasteiger partial charge in [0.05, 0.1) is 11.6 Å². The van der Waals surface area contributed by atoms with E-state index in [1.165, 1.54) is 6.07 Å². The molecule has 1 rings (SSSR count). The van der Waals surface area contributed by atoms with Crippen molar-refractivity contribution in [3.8, 4) is 0 Å². The zero-order valence-corrected chi connectivity index (χ0v) is 14.7. The normalized spacial score (nSPS) is 11.7. The molecule has 4 N–H and O–H groups in total. The van der Waals surface area contributed by atoms with Crippen LogP contribution in [-0.2, 0) is 11.3 Å². The number of rotatable bonds is 8. The first-order valence-electron chi connectivity index (χ1n) is 7.77. The van der Waals surface area contributed by atoms with Crippen LogP contribution in [0.2, 0.25) is 5.02 Å². The van der Waals surface area contributed by atoms with Gasteiger partial charge in [-0.05, 0) is 31.4 Å². The number of urea groups is 1. The number of hydrogen-bond donors (Lipinski definition) is 3. The topological polar surface area (TPSA) is 87.5 Å². The van der Waals surface area contributed by atoms with Gasteiger partial charge in [-0.3, -0.25) is 4.79 Å². The Morgan fingerprint density at radius 2 is 2.08 bits per heavy atom. The zero-order valence-electron chi connectivity index (χ0n) is 13.9. The Morgan fingerprint density at radius 1 is 1.38 bits per heavy atom. The van der Waals surface area contributed by atoms with Gasteiger partial charge in [-0.1, -0.05) is 23.7 Å². The van der Waals surface area contributed by atoms with E-state index >= 15 is 0 Å². The van der Waals surface area contributed by atoms with E-state index in [2.05, 4.69) is 10.6 Å². The second-order valence-corrected chi connectivity index (χ2v) is 5.91. The van der Waals surface area contributed by atoms with Crippen LogP contribution < -0.4 is 16.4 Å². The van der Waals surface area contributed by atoms with Crippen LogP contribution >= 0.6 is 11.6 Å². The van der Waals surface area contributed by atoms with Crippen LogP contribution in [0.15, 0.2) is 18.2 Å². The Balaban J connectivity index is 2.38. The Bertz CT molecular complexity index is 571. The van der Waals surface area contributed by atoms with Gasteiger partial charge in [0.1, 0.15) is 5.82 Å². The number of halogens is 2. The number of benzene rings is 1. The second kappa shape index (κ2) is 10.1. The molecule has 0 bridgehead atoms. The van der Waals surface area contributed by atoms with Gasteiger partial charge in [-0.15, -0.1) is 0 Å². The Kier molecular flexibility index (Phi) is 8.49. The van der Waals surface area contributed by atoms with Crippen LogP contribution in [0.25, 0.3) is 0 Å². The molecular weight excluding hydrogens is 335 g/mol. The molecule has 0 heterocycles. The predicted molar refractivity (Wildman–Crippen MR) is 92.2 cm³/mol. The molecule has 0 aliphatic rings. The van der Waals surface area contributed by atoms with Crippen LogP contribution in [0.5, 0.6) is 0 Å². The van der Waals surface area contributed by atoms with Crippen molar-refractivity contribution >= 4 is 23.5 Å². The molecular formula is C16H24ClFN4O2. The largest absolute Gasteiger partial charge is 0.355 e. The third-order valence-corrected chi connectivity index (χ3v) is 4.17. The van der Waals surface area contributed by atoms with Crippen LogP contribution in [-0.4, -0.2) is 43.0 Å². The van der Waals surface area contributed by atoms with E-state index in [9.17, 15) is 14.0 Å². The molecule has 0 spiro atoms. The average molecular weight is 359 g/mol. The fraction of sp³-hybridized carbons (Fsp3) is 0.500. The number of carbonyl (C=O) groups excluding carboxylic acids is 2. The zero-order chi connectivity index (χ0) is 18.1. The number of carbonyl (C=O) groups is 2. The molecule has 1 atom stereocenters. The van der Waals surface area contributed by atoms with Gasteiger partial charge in [0.15, 0.2) is 0 Å². The minimum Gasteiger partial charge on any atom is -0.355 e. The molecule has 0 saturated carbocycles. The maximum absolute atomic E-state index is 13.4. The van der Waals surface area contributed by atoms with Gasteiger partial charge in [0.25, 0.3) is 0 Å². The molecule has 134 valence electrons. The lowest BCUT2D eigenvalue weighted by Gasteiger charge is -2.25. The summed E-state index contributed by atoms with van der Waals surface area (Å²) in [6.07, 6.45) is 1.47. The summed E-state index contributed by atoms with van der Waals surface area (Å²) in [6, 6.07) is 4.20. The van der Waals surface area contributed by atoms with Gasteiger partial charge in [-0.2, -0.15) is 0 Å². The summed E-state index contributed by atoms with van der Waals surface area (Å²) in [5.74, 6) is -0.703. The van der Waals surface area contributed by atoms with E-state index < -0.39 is 5.82 Å². The third kappa shape index (κ3) is 6.33. The van der Waals surface area contributed by atoms with Crippen LogP contribution in [0, 0.1) is 5.82 Å². The molecule has 8 heteroatoms. The summed E-state index contributed by atoms with van der Waals surface area (Å²) in [6.45, 7) is 2.56. The highest BCUT2D eigenvalue weighted by molar-refractivity contribution is 6.31. The maximum atomic E-state index is 13.4. The number of amides is 3. The quantitative estimate of drug-likeness (QED) is 0.620. The maximum Gasteiger partial charge on any atom is 0.317 e. The SMILES string of the molecule is C[C@@H](CCCNC(=O)CN)N(C)C(=O)NCc1cccc(F)c1Cl. The lowest BCUT2D eigenvalue weighted by atomic mass is 10.1. The smallest absolute Gasteiger partial charge is 0.317 e. The highest BCUT2D eigenvalue weighted by Gasteiger charge is 2.16. The summed E-state index contributed by atoms with van der Waals surface area (Å²) in [5, 5.41) is 5.41. The molecule has 0 aliphatic heterocycles. The Hall–Kier alpha value is -1.86. The van der Waals surface area contributed by atoms with Crippen molar-refractivity contribution in [3.05, 3.63) is 34.6 Å². The van der Waals surface area contributed by atoms with E-state index in [1.54, 1.807) is 24.1 Å². The van der Waals surface area contributed by atoms with E-state index in [0.717, 1.165) is 12.8 Å². The third-order valence-electron chi connectivity index (χ3n) is 3.75. The first-order chi connectivity index (χ1) is 11.4. The molecule has 1 aromatic rings. The van der Waals surface area contributed by atoms with E-state index in [-0.39, 0.29) is 36.1 Å². The van der Waals surface area contributed by atoms with Gasteiger partial charge in [0, 0.05) is 26.2 Å². The minimum absolute atomic E-state index is 0.0113. The van der Waals surface area contributed by atoms with Gasteiger partial charge >= 0.3 is 6.03 Å². The molecule has 1 aromatic carbocycles. The molecule has 6 nitrogen and oxygen atoms in total. The van der Waals surface area contributed by atoms with Crippen molar-refractivity contribution in [1.82, 2.24) is 15.5 Å². The second-order valence-electron chi connectivity index (χ2n) is 5.53. The van der Waals surface area contributed by atoms with Crippen molar-refractivity contribution in [2.45, 2.75) is 32.4 Å². The van der Waals surface area contributed by atoms with Crippen molar-refractivity contribution in [1.29, 1.82) is 0 Å². The first-order valence-corrected chi connectivity index (χ1v) is 8.15. The predicted octanol–water partition coefficient (Wildman–Crippen LogP) is 1.86. The lowest BCUT2D eigenvalue weighted by Crippen LogP contribution is -2.42. The molecule has 0 unspecified atom stereocenters. The molecule has 0 fully saturated rings. The number of nitrogens with two attached hydrogens (primary N) is 1. The van der Waals surface area contributed by atoms with Crippen LogP contribution in [0.1, 0.15) is 25.3 Å². The summed E-state index contributed by atoms with van der Waals surface area (Å²) in [4.78, 5) is 24.7. The van der Waals surface area contributed by atoms with Crippen molar-refractivity contribution in [3.63, 3.8) is 0 Å². The monoisotopic (exact) mass is 358 g/mol. The van der Waals surface area contributed by atoms with Crippen molar-refractivity contribution in [2.75, 3.05) is 20.1 Å². The van der Waals surface area contributed by atoms with E-state index in [1.807, 2.05) is 6.92 Å². The summed E-state index contributed by atoms with van der Waals surface area (Å²) >= 11 is 5.86. The first kappa shape index (κ1) is 20.2. The van der Waals surface area contributed by atoms with E-state index in [4.69, 9.17) is 17.3 Å². The summed E-state index contributed by atoms with van der Waals surface area (Å²) < 4.78 is 13.4. The fourth-order valence-corrected chi connectivity index (χ4v) is 2.26. The van der Waals surface area contributed by atoms with Crippen molar-refractivity contribution in [2.24, 2.45) is 5.73 Å². The molecule has 0 aliphatic carbocycles. The molecule has 0 saturated heterocycles. The van der Waals surface area contributed by atoms with Gasteiger partial charge in [-0.25, -0.2) is 9.18 Å². The van der Waals surface area contributed by atoms with Crippen molar-refractivity contribution < 1.29 is 14.0 Å². The van der Waals surface area contributed by atoms with Crippen LogP contribution in [0.3, 0.4) is 0 Å². The Morgan fingerprint density at radius 3 is 2.75 bits per heavy atom. The standard InChI is InChI=1S/C16H24ClFN4O2/c1-11(5-4-8-20-14(23)9-19)22(2)16(24)21-10-12-6-3-7-13(18)15(12)17/h3,6-7,11H,4-5,8-10,19H2,1-2H3,(H,20,23)(H,21,24)/t11-/m0/s1. The number of nitrogens with zero attached hydrogens (tertiary/aromatic N) is 1. The minimum atomic E-state index is -0.510.